The molecule has 3 heteroatoms. The topological polar surface area (TPSA) is 41.1 Å². The molecular formula is C15H28N2O. The molecule has 0 aromatic carbocycles. The predicted octanol–water partition coefficient (Wildman–Crippen LogP) is 2.46. The van der Waals surface area contributed by atoms with Crippen molar-refractivity contribution in [2.24, 2.45) is 11.8 Å². The van der Waals surface area contributed by atoms with Gasteiger partial charge in [0.25, 0.3) is 0 Å². The first-order valence-corrected chi connectivity index (χ1v) is 7.82. The van der Waals surface area contributed by atoms with E-state index < -0.39 is 0 Å². The average molecular weight is 252 g/mol. The summed E-state index contributed by atoms with van der Waals surface area (Å²) in [5, 5.41) is 6.67. The third-order valence-corrected chi connectivity index (χ3v) is 4.58. The molecule has 0 aromatic rings. The van der Waals surface area contributed by atoms with Crippen molar-refractivity contribution in [2.45, 2.75) is 64.3 Å². The number of rotatable bonds is 6. The van der Waals surface area contributed by atoms with Gasteiger partial charge in [-0.1, -0.05) is 26.2 Å². The van der Waals surface area contributed by atoms with Crippen molar-refractivity contribution < 1.29 is 4.79 Å². The molecule has 2 unspecified atom stereocenters. The van der Waals surface area contributed by atoms with E-state index in [2.05, 4.69) is 17.6 Å². The summed E-state index contributed by atoms with van der Waals surface area (Å²) in [6.45, 7) is 4.17. The highest BCUT2D eigenvalue weighted by atomic mass is 16.2. The molecular weight excluding hydrogens is 224 g/mol. The van der Waals surface area contributed by atoms with E-state index in [4.69, 9.17) is 0 Å². The molecule has 18 heavy (non-hydrogen) atoms. The van der Waals surface area contributed by atoms with Gasteiger partial charge in [-0.15, -0.1) is 0 Å². The molecule has 3 nitrogen and oxygen atoms in total. The summed E-state index contributed by atoms with van der Waals surface area (Å²) in [4.78, 5) is 12.3. The fraction of sp³-hybridized carbons (Fsp3) is 0.933. The Labute approximate surface area is 111 Å². The van der Waals surface area contributed by atoms with Gasteiger partial charge in [0.15, 0.2) is 0 Å². The maximum absolute atomic E-state index is 12.3. The second-order valence-corrected chi connectivity index (χ2v) is 5.99. The minimum absolute atomic E-state index is 0.211. The SMILES string of the molecule is CCCCC(NC(=O)C1CCCNC1)C1CCC1. The monoisotopic (exact) mass is 252 g/mol. The van der Waals surface area contributed by atoms with Crippen molar-refractivity contribution in [1.82, 2.24) is 10.6 Å². The largest absolute Gasteiger partial charge is 0.353 e. The van der Waals surface area contributed by atoms with Crippen molar-refractivity contribution in [3.8, 4) is 0 Å². The van der Waals surface area contributed by atoms with Crippen LogP contribution in [0.5, 0.6) is 0 Å². The van der Waals surface area contributed by atoms with Crippen molar-refractivity contribution >= 4 is 5.91 Å². The van der Waals surface area contributed by atoms with Crippen molar-refractivity contribution in [2.75, 3.05) is 13.1 Å². The number of carbonyl (C=O) groups excluding carboxylic acids is 1. The second-order valence-electron chi connectivity index (χ2n) is 5.99. The molecule has 1 aliphatic carbocycles. The molecule has 104 valence electrons. The number of piperidine rings is 1. The van der Waals surface area contributed by atoms with Gasteiger partial charge in [0.2, 0.25) is 5.91 Å². The zero-order valence-electron chi connectivity index (χ0n) is 11.7. The fourth-order valence-corrected chi connectivity index (χ4v) is 3.07. The van der Waals surface area contributed by atoms with Crippen molar-refractivity contribution in [3.63, 3.8) is 0 Å². The van der Waals surface area contributed by atoms with Crippen LogP contribution in [0.15, 0.2) is 0 Å². The van der Waals surface area contributed by atoms with Crippen LogP contribution in [0.25, 0.3) is 0 Å². The summed E-state index contributed by atoms with van der Waals surface area (Å²) in [5.74, 6) is 1.27. The lowest BCUT2D eigenvalue weighted by atomic mass is 9.77. The van der Waals surface area contributed by atoms with Gasteiger partial charge in [0.05, 0.1) is 5.92 Å². The number of hydrogen-bond acceptors (Lipinski definition) is 2. The first kappa shape index (κ1) is 13.9. The Balaban J connectivity index is 1.80. The van der Waals surface area contributed by atoms with Crippen LogP contribution in [-0.4, -0.2) is 25.0 Å². The Morgan fingerprint density at radius 1 is 1.33 bits per heavy atom. The molecule has 1 amide bonds. The Hall–Kier alpha value is -0.570. The number of nitrogens with one attached hydrogen (secondary N) is 2. The van der Waals surface area contributed by atoms with E-state index in [0.29, 0.717) is 11.9 Å². The third-order valence-electron chi connectivity index (χ3n) is 4.58. The predicted molar refractivity (Wildman–Crippen MR) is 74.4 cm³/mol. The van der Waals surface area contributed by atoms with Crippen LogP contribution in [0.4, 0.5) is 0 Å². The molecule has 2 aliphatic rings. The molecule has 0 radical (unpaired) electrons. The zero-order chi connectivity index (χ0) is 12.8. The maximum atomic E-state index is 12.3. The number of hydrogen-bond donors (Lipinski definition) is 2. The van der Waals surface area contributed by atoms with E-state index in [1.54, 1.807) is 0 Å². The van der Waals surface area contributed by atoms with Crippen LogP contribution in [-0.2, 0) is 4.79 Å². The maximum Gasteiger partial charge on any atom is 0.224 e. The molecule has 2 N–H and O–H groups in total. The second kappa shape index (κ2) is 7.13. The quantitative estimate of drug-likeness (QED) is 0.762. The molecule has 1 aliphatic heterocycles. The number of amides is 1. The summed E-state index contributed by atoms with van der Waals surface area (Å²) < 4.78 is 0. The Morgan fingerprint density at radius 2 is 2.17 bits per heavy atom. The van der Waals surface area contributed by atoms with Gasteiger partial charge < -0.3 is 10.6 Å². The fourth-order valence-electron chi connectivity index (χ4n) is 3.07. The minimum atomic E-state index is 0.211. The van der Waals surface area contributed by atoms with E-state index in [1.165, 1.54) is 38.5 Å². The molecule has 1 saturated carbocycles. The van der Waals surface area contributed by atoms with Crippen LogP contribution in [0, 0.1) is 11.8 Å². The van der Waals surface area contributed by atoms with Crippen LogP contribution in [0.3, 0.4) is 0 Å². The molecule has 0 bridgehead atoms. The highest BCUT2D eigenvalue weighted by Gasteiger charge is 2.30. The summed E-state index contributed by atoms with van der Waals surface area (Å²) in [6.07, 6.45) is 9.83. The Bertz CT molecular complexity index is 257. The van der Waals surface area contributed by atoms with Gasteiger partial charge in [-0.25, -0.2) is 0 Å². The number of unbranched alkanes of at least 4 members (excludes halogenated alkanes) is 1. The normalized spacial score (nSPS) is 26.4. The molecule has 0 spiro atoms. The van der Waals surface area contributed by atoms with Crippen LogP contribution in [0.1, 0.15) is 58.3 Å². The lowest BCUT2D eigenvalue weighted by molar-refractivity contribution is -0.126. The van der Waals surface area contributed by atoms with E-state index in [1.807, 2.05) is 0 Å². The third kappa shape index (κ3) is 3.71. The lowest BCUT2D eigenvalue weighted by Crippen LogP contribution is -2.48. The average Bonchev–Trinajstić information content (AvgIpc) is 2.34. The summed E-state index contributed by atoms with van der Waals surface area (Å²) in [6, 6.07) is 0.452. The lowest BCUT2D eigenvalue weighted by Gasteiger charge is -2.35. The van der Waals surface area contributed by atoms with Gasteiger partial charge in [-0.2, -0.15) is 0 Å². The van der Waals surface area contributed by atoms with Crippen LogP contribution < -0.4 is 10.6 Å². The molecule has 2 fully saturated rings. The van der Waals surface area contributed by atoms with E-state index >= 15 is 0 Å². The van der Waals surface area contributed by atoms with Crippen LogP contribution >= 0.6 is 0 Å². The molecule has 1 heterocycles. The summed E-state index contributed by atoms with van der Waals surface area (Å²) in [7, 11) is 0. The first-order valence-electron chi connectivity index (χ1n) is 7.82. The highest BCUT2D eigenvalue weighted by Crippen LogP contribution is 2.32. The summed E-state index contributed by atoms with van der Waals surface area (Å²) >= 11 is 0. The Morgan fingerprint density at radius 3 is 2.72 bits per heavy atom. The zero-order valence-corrected chi connectivity index (χ0v) is 11.7. The van der Waals surface area contributed by atoms with Gasteiger partial charge in [0.1, 0.15) is 0 Å². The number of carbonyl (C=O) groups is 1. The molecule has 2 rings (SSSR count). The smallest absolute Gasteiger partial charge is 0.224 e. The molecule has 0 aromatic heterocycles. The van der Waals surface area contributed by atoms with Gasteiger partial charge in [0, 0.05) is 12.6 Å². The Kier molecular flexibility index (Phi) is 5.48. The molecule has 1 saturated heterocycles. The van der Waals surface area contributed by atoms with E-state index in [9.17, 15) is 4.79 Å². The van der Waals surface area contributed by atoms with Gasteiger partial charge in [-0.3, -0.25) is 4.79 Å². The summed E-state index contributed by atoms with van der Waals surface area (Å²) in [5.41, 5.74) is 0. The minimum Gasteiger partial charge on any atom is -0.353 e. The molecule has 2 atom stereocenters. The van der Waals surface area contributed by atoms with Gasteiger partial charge >= 0.3 is 0 Å². The van der Waals surface area contributed by atoms with Crippen molar-refractivity contribution in [3.05, 3.63) is 0 Å². The van der Waals surface area contributed by atoms with Gasteiger partial charge in [-0.05, 0) is 44.6 Å². The van der Waals surface area contributed by atoms with Crippen molar-refractivity contribution in [1.29, 1.82) is 0 Å². The van der Waals surface area contributed by atoms with E-state index in [-0.39, 0.29) is 5.92 Å². The standard InChI is InChI=1S/C15H28N2O/c1-2-3-9-14(12-6-4-7-12)17-15(18)13-8-5-10-16-11-13/h12-14,16H,2-11H2,1H3,(H,17,18). The van der Waals surface area contributed by atoms with Crippen LogP contribution in [0.2, 0.25) is 0 Å². The van der Waals surface area contributed by atoms with E-state index in [0.717, 1.165) is 31.8 Å². The highest BCUT2D eigenvalue weighted by molar-refractivity contribution is 5.79. The first-order chi connectivity index (χ1) is 8.81.